The lowest BCUT2D eigenvalue weighted by Gasteiger charge is -2.24. The third-order valence-corrected chi connectivity index (χ3v) is 6.93. The van der Waals surface area contributed by atoms with Crippen molar-refractivity contribution in [2.24, 2.45) is 9.50 Å². The van der Waals surface area contributed by atoms with Crippen molar-refractivity contribution in [1.82, 2.24) is 5.32 Å². The first-order chi connectivity index (χ1) is 16.8. The molecule has 3 aromatic carbocycles. The van der Waals surface area contributed by atoms with Gasteiger partial charge in [-0.3, -0.25) is 5.01 Å². The predicted octanol–water partition coefficient (Wildman–Crippen LogP) is 5.71. The molecule has 6 nitrogen and oxygen atoms in total. The molecule has 0 aliphatic carbocycles. The van der Waals surface area contributed by atoms with Crippen LogP contribution in [0.2, 0.25) is 5.02 Å². The van der Waals surface area contributed by atoms with Crippen LogP contribution >= 0.6 is 11.6 Å². The summed E-state index contributed by atoms with van der Waals surface area (Å²) in [4.78, 5) is -0.0164. The van der Waals surface area contributed by atoms with Gasteiger partial charge in [-0.15, -0.1) is 4.40 Å². The van der Waals surface area contributed by atoms with Gasteiger partial charge in [-0.1, -0.05) is 48.9 Å². The number of nitrogens with zero attached hydrogens (tertiary/aromatic N) is 3. The molecule has 3 aromatic rings. The van der Waals surface area contributed by atoms with E-state index in [2.05, 4.69) is 14.8 Å². The molecule has 0 saturated carbocycles. The second kappa shape index (κ2) is 10.5. The summed E-state index contributed by atoms with van der Waals surface area (Å²) in [6, 6.07) is 17.8. The molecule has 0 saturated heterocycles. The Labute approximate surface area is 208 Å². The highest BCUT2D eigenvalue weighted by Gasteiger charge is 2.33. The predicted molar refractivity (Wildman–Crippen MR) is 134 cm³/mol. The molecule has 182 valence electrons. The molecular weight excluding hydrogens is 494 g/mol. The van der Waals surface area contributed by atoms with Gasteiger partial charge in [0, 0.05) is 24.1 Å². The van der Waals surface area contributed by atoms with E-state index >= 15 is 0 Å². The fourth-order valence-corrected chi connectivity index (χ4v) is 4.81. The van der Waals surface area contributed by atoms with E-state index in [1.807, 2.05) is 37.3 Å². The molecule has 4 rings (SSSR count). The van der Waals surface area contributed by atoms with Crippen LogP contribution in [0.5, 0.6) is 0 Å². The van der Waals surface area contributed by atoms with Gasteiger partial charge in [0.05, 0.1) is 16.6 Å². The van der Waals surface area contributed by atoms with Crippen LogP contribution in [0.1, 0.15) is 31.4 Å². The van der Waals surface area contributed by atoms with Gasteiger partial charge in [-0.2, -0.15) is 13.5 Å². The smallest absolute Gasteiger partial charge is 0.284 e. The highest BCUT2D eigenvalue weighted by Crippen LogP contribution is 2.37. The minimum absolute atomic E-state index is 0.0164. The summed E-state index contributed by atoms with van der Waals surface area (Å²) in [5.74, 6) is -1.40. The van der Waals surface area contributed by atoms with Gasteiger partial charge in [-0.05, 0) is 48.4 Å². The lowest BCUT2D eigenvalue weighted by atomic mass is 10.0. The highest BCUT2D eigenvalue weighted by molar-refractivity contribution is 7.90. The van der Waals surface area contributed by atoms with E-state index in [-0.39, 0.29) is 22.8 Å². The van der Waals surface area contributed by atoms with Gasteiger partial charge in [0.25, 0.3) is 10.0 Å². The van der Waals surface area contributed by atoms with Crippen LogP contribution in [0.15, 0.2) is 87.2 Å². The molecule has 1 aliphatic heterocycles. The Morgan fingerprint density at radius 1 is 1.11 bits per heavy atom. The lowest BCUT2D eigenvalue weighted by molar-refractivity contribution is 0.573. The Morgan fingerprint density at radius 3 is 2.49 bits per heavy atom. The van der Waals surface area contributed by atoms with E-state index in [0.717, 1.165) is 17.7 Å². The molecule has 0 unspecified atom stereocenters. The van der Waals surface area contributed by atoms with Crippen molar-refractivity contribution in [3.8, 4) is 0 Å². The number of hydrogen-bond donors (Lipinski definition) is 1. The van der Waals surface area contributed by atoms with Crippen molar-refractivity contribution in [1.29, 1.82) is 0 Å². The maximum Gasteiger partial charge on any atom is 0.284 e. The summed E-state index contributed by atoms with van der Waals surface area (Å²) in [5.41, 5.74) is 1.25. The molecule has 35 heavy (non-hydrogen) atoms. The molecule has 0 amide bonds. The molecule has 0 bridgehead atoms. The highest BCUT2D eigenvalue weighted by atomic mass is 35.5. The largest absolute Gasteiger partial charge is 0.368 e. The average molecular weight is 517 g/mol. The standard InChI is InChI=1S/C25H23ClF2N4O2S/c1-2-14-29-25(31-35(33,34)20-11-8-18(26)9-12-20)22-16-24(17-6-4-3-5-7-17)32(30-22)23-13-10-19(27)15-21(23)28/h3-13,15,24H,2,14,16H2,1H3,(H,29,31)/t24-/m1/s1. The fourth-order valence-electron chi connectivity index (χ4n) is 3.69. The van der Waals surface area contributed by atoms with Gasteiger partial charge < -0.3 is 5.32 Å². The number of hydrazone groups is 1. The number of halogens is 3. The number of nitrogens with one attached hydrogen (secondary N) is 1. The third kappa shape index (κ3) is 5.68. The van der Waals surface area contributed by atoms with Crippen molar-refractivity contribution in [2.75, 3.05) is 11.6 Å². The zero-order valence-corrected chi connectivity index (χ0v) is 20.4. The van der Waals surface area contributed by atoms with Crippen LogP contribution in [0.3, 0.4) is 0 Å². The Kier molecular flexibility index (Phi) is 7.47. The van der Waals surface area contributed by atoms with Crippen LogP contribution in [0.4, 0.5) is 14.5 Å². The maximum atomic E-state index is 14.7. The lowest BCUT2D eigenvalue weighted by Crippen LogP contribution is -2.32. The van der Waals surface area contributed by atoms with Crippen LogP contribution < -0.4 is 10.3 Å². The normalized spacial score (nSPS) is 16.3. The van der Waals surface area contributed by atoms with E-state index in [1.54, 1.807) is 0 Å². The zero-order valence-electron chi connectivity index (χ0n) is 18.8. The number of rotatable bonds is 7. The second-order valence-electron chi connectivity index (χ2n) is 7.91. The zero-order chi connectivity index (χ0) is 25.0. The summed E-state index contributed by atoms with van der Waals surface area (Å²) in [6.07, 6.45) is 0.970. The fraction of sp³-hybridized carbons (Fsp3) is 0.200. The maximum absolute atomic E-state index is 14.7. The van der Waals surface area contributed by atoms with Gasteiger partial charge in [0.15, 0.2) is 11.7 Å². The molecule has 0 aromatic heterocycles. The van der Waals surface area contributed by atoms with Crippen LogP contribution in [-0.4, -0.2) is 26.5 Å². The SMILES string of the molecule is CCCN/C(=N\S(=O)(=O)c1ccc(Cl)cc1)C1=NN(c2ccc(F)cc2F)[C@@H](c2ccccc2)C1. The molecule has 1 aliphatic rings. The van der Waals surface area contributed by atoms with Gasteiger partial charge >= 0.3 is 0 Å². The van der Waals surface area contributed by atoms with Gasteiger partial charge in [0.1, 0.15) is 11.5 Å². The minimum Gasteiger partial charge on any atom is -0.368 e. The second-order valence-corrected chi connectivity index (χ2v) is 9.95. The first-order valence-electron chi connectivity index (χ1n) is 11.0. The topological polar surface area (TPSA) is 74.1 Å². The molecule has 10 heteroatoms. The van der Waals surface area contributed by atoms with E-state index in [9.17, 15) is 17.2 Å². The number of amidine groups is 1. The Morgan fingerprint density at radius 2 is 1.83 bits per heavy atom. The van der Waals surface area contributed by atoms with Crippen molar-refractivity contribution in [3.63, 3.8) is 0 Å². The van der Waals surface area contributed by atoms with Crippen molar-refractivity contribution in [3.05, 3.63) is 95.0 Å². The van der Waals surface area contributed by atoms with Crippen molar-refractivity contribution < 1.29 is 17.2 Å². The minimum atomic E-state index is -4.08. The molecule has 1 atom stereocenters. The Bertz CT molecular complexity index is 1360. The Hall–Kier alpha value is -3.30. The van der Waals surface area contributed by atoms with E-state index < -0.39 is 27.7 Å². The molecule has 0 fully saturated rings. The van der Waals surface area contributed by atoms with E-state index in [1.165, 1.54) is 35.3 Å². The third-order valence-electron chi connectivity index (χ3n) is 5.39. The molecule has 0 radical (unpaired) electrons. The summed E-state index contributed by atoms with van der Waals surface area (Å²) in [5, 5.41) is 9.46. The monoisotopic (exact) mass is 516 g/mol. The summed E-state index contributed by atoms with van der Waals surface area (Å²) in [7, 11) is -4.08. The summed E-state index contributed by atoms with van der Waals surface area (Å²) in [6.45, 7) is 2.39. The number of sulfonamides is 1. The number of benzene rings is 3. The average Bonchev–Trinajstić information content (AvgIpc) is 3.27. The number of anilines is 1. The molecule has 1 heterocycles. The van der Waals surface area contributed by atoms with Crippen LogP contribution in [0.25, 0.3) is 0 Å². The first kappa shape index (κ1) is 24.8. The Balaban J connectivity index is 1.79. The van der Waals surface area contributed by atoms with Crippen molar-refractivity contribution >= 4 is 38.9 Å². The van der Waals surface area contributed by atoms with Gasteiger partial charge in [0.2, 0.25) is 0 Å². The molecule has 1 N–H and O–H groups in total. The molecular formula is C25H23ClF2N4O2S. The quantitative estimate of drug-likeness (QED) is 0.322. The van der Waals surface area contributed by atoms with Crippen molar-refractivity contribution in [2.45, 2.75) is 30.7 Å². The summed E-state index contributed by atoms with van der Waals surface area (Å²) >= 11 is 5.89. The number of hydrogen-bond acceptors (Lipinski definition) is 4. The van der Waals surface area contributed by atoms with Crippen LogP contribution in [-0.2, 0) is 10.0 Å². The summed E-state index contributed by atoms with van der Waals surface area (Å²) < 4.78 is 58.4. The van der Waals surface area contributed by atoms with Gasteiger partial charge in [-0.25, -0.2) is 8.78 Å². The molecule has 0 spiro atoms. The van der Waals surface area contributed by atoms with E-state index in [4.69, 9.17) is 11.6 Å². The van der Waals surface area contributed by atoms with E-state index in [0.29, 0.717) is 23.7 Å². The van der Waals surface area contributed by atoms with Crippen LogP contribution in [0, 0.1) is 11.6 Å². The first-order valence-corrected chi connectivity index (χ1v) is 12.8.